The Hall–Kier alpha value is -0.580. The van der Waals surface area contributed by atoms with Crippen LogP contribution in [0.25, 0.3) is 0 Å². The highest BCUT2D eigenvalue weighted by Crippen LogP contribution is 2.29. The summed E-state index contributed by atoms with van der Waals surface area (Å²) < 4.78 is 1.78. The van der Waals surface area contributed by atoms with Gasteiger partial charge in [0, 0.05) is 31.2 Å². The van der Waals surface area contributed by atoms with Crippen LogP contribution in [0.4, 0.5) is 0 Å². The summed E-state index contributed by atoms with van der Waals surface area (Å²) in [6, 6.07) is 1.36. The largest absolute Gasteiger partial charge is 0.312 e. The molecular weight excluding hydrogens is 260 g/mol. The molecule has 19 heavy (non-hydrogen) atoms. The van der Waals surface area contributed by atoms with Crippen LogP contribution >= 0.6 is 11.6 Å². The summed E-state index contributed by atoms with van der Waals surface area (Å²) in [5.74, 6) is 0. The lowest BCUT2D eigenvalue weighted by molar-refractivity contribution is 0.206. The first-order valence-electron chi connectivity index (χ1n) is 7.32. The molecule has 0 spiro atoms. The highest BCUT2D eigenvalue weighted by atomic mass is 35.5. The van der Waals surface area contributed by atoms with E-state index in [0.29, 0.717) is 12.1 Å². The molecule has 0 amide bonds. The maximum atomic E-state index is 6.36. The van der Waals surface area contributed by atoms with Gasteiger partial charge in [-0.05, 0) is 45.7 Å². The summed E-state index contributed by atoms with van der Waals surface area (Å²) in [5, 5.41) is 8.86. The molecule has 2 aliphatic rings. The number of nitrogens with one attached hydrogen (secondary N) is 1. The van der Waals surface area contributed by atoms with Gasteiger partial charge in [0.15, 0.2) is 0 Å². The van der Waals surface area contributed by atoms with Crippen LogP contribution in [0.3, 0.4) is 0 Å². The molecule has 0 bridgehead atoms. The monoisotopic (exact) mass is 282 g/mol. The van der Waals surface area contributed by atoms with E-state index in [1.165, 1.54) is 44.3 Å². The first-order valence-corrected chi connectivity index (χ1v) is 7.70. The maximum absolute atomic E-state index is 6.36. The van der Waals surface area contributed by atoms with Crippen LogP contribution in [-0.4, -0.2) is 39.9 Å². The number of hydrogen-bond acceptors (Lipinski definition) is 3. The molecule has 0 aromatic carbocycles. The van der Waals surface area contributed by atoms with Crippen LogP contribution < -0.4 is 5.32 Å². The lowest BCUT2D eigenvalue weighted by Gasteiger charge is -2.29. The third kappa shape index (κ3) is 2.54. The molecule has 106 valence electrons. The zero-order valence-electron chi connectivity index (χ0n) is 11.8. The van der Waals surface area contributed by atoms with E-state index in [4.69, 9.17) is 11.6 Å². The zero-order valence-corrected chi connectivity index (χ0v) is 12.6. The summed E-state index contributed by atoms with van der Waals surface area (Å²) in [6.07, 6.45) is 5.26. The summed E-state index contributed by atoms with van der Waals surface area (Å²) in [4.78, 5) is 2.60. The zero-order chi connectivity index (χ0) is 13.4. The van der Waals surface area contributed by atoms with Gasteiger partial charge in [-0.3, -0.25) is 9.58 Å². The molecule has 1 aromatic rings. The van der Waals surface area contributed by atoms with Gasteiger partial charge in [-0.2, -0.15) is 5.10 Å². The molecule has 0 aliphatic carbocycles. The Labute approximate surface area is 120 Å². The van der Waals surface area contributed by atoms with Crippen molar-refractivity contribution in [3.63, 3.8) is 0 Å². The third-order valence-corrected chi connectivity index (χ3v) is 5.08. The Morgan fingerprint density at radius 1 is 1.37 bits per heavy atom. The van der Waals surface area contributed by atoms with Gasteiger partial charge < -0.3 is 5.32 Å². The van der Waals surface area contributed by atoms with Crippen LogP contribution in [-0.2, 0) is 13.6 Å². The second kappa shape index (κ2) is 5.43. The van der Waals surface area contributed by atoms with Crippen molar-refractivity contribution < 1.29 is 0 Å². The molecule has 2 unspecified atom stereocenters. The average Bonchev–Trinajstić information content (AvgIpc) is 3.08. The Balaban J connectivity index is 1.74. The molecule has 2 aliphatic heterocycles. The molecule has 2 fully saturated rings. The summed E-state index contributed by atoms with van der Waals surface area (Å²) in [7, 11) is 1.92. The molecule has 3 rings (SSSR count). The standard InChI is InChI=1S/C14H23ClN4/c1-10-11(14(15)18(2)17-10)9-19-8-4-6-13(19)12-5-3-7-16-12/h12-13,16H,3-9H2,1-2H3. The second-order valence-corrected chi connectivity index (χ2v) is 6.22. The maximum Gasteiger partial charge on any atom is 0.131 e. The average molecular weight is 283 g/mol. The normalized spacial score (nSPS) is 28.4. The molecular formula is C14H23ClN4. The van der Waals surface area contributed by atoms with E-state index >= 15 is 0 Å². The minimum Gasteiger partial charge on any atom is -0.312 e. The van der Waals surface area contributed by atoms with Crippen LogP contribution in [0.1, 0.15) is 36.9 Å². The van der Waals surface area contributed by atoms with Crippen LogP contribution in [0, 0.1) is 6.92 Å². The van der Waals surface area contributed by atoms with Crippen LogP contribution in [0.5, 0.6) is 0 Å². The van der Waals surface area contributed by atoms with Crippen molar-refractivity contribution in [3.05, 3.63) is 16.4 Å². The second-order valence-electron chi connectivity index (χ2n) is 5.86. The van der Waals surface area contributed by atoms with E-state index in [0.717, 1.165) is 17.4 Å². The number of halogens is 1. The fraction of sp³-hybridized carbons (Fsp3) is 0.786. The Morgan fingerprint density at radius 2 is 2.21 bits per heavy atom. The minimum atomic E-state index is 0.679. The van der Waals surface area contributed by atoms with Gasteiger partial charge in [-0.15, -0.1) is 0 Å². The molecule has 2 atom stereocenters. The minimum absolute atomic E-state index is 0.679. The van der Waals surface area contributed by atoms with E-state index in [2.05, 4.69) is 22.2 Å². The molecule has 3 heterocycles. The smallest absolute Gasteiger partial charge is 0.131 e. The summed E-state index contributed by atoms with van der Waals surface area (Å²) in [5.41, 5.74) is 2.27. The Morgan fingerprint density at radius 3 is 2.84 bits per heavy atom. The van der Waals surface area contributed by atoms with Gasteiger partial charge in [-0.25, -0.2) is 0 Å². The lowest BCUT2D eigenvalue weighted by Crippen LogP contribution is -2.43. The highest BCUT2D eigenvalue weighted by Gasteiger charge is 2.33. The van der Waals surface area contributed by atoms with Crippen molar-refractivity contribution in [2.24, 2.45) is 7.05 Å². The van der Waals surface area contributed by atoms with Crippen molar-refractivity contribution in [3.8, 4) is 0 Å². The van der Waals surface area contributed by atoms with Crippen LogP contribution in [0.2, 0.25) is 5.15 Å². The number of aryl methyl sites for hydroxylation is 2. The van der Waals surface area contributed by atoms with Crippen molar-refractivity contribution in [1.29, 1.82) is 0 Å². The van der Waals surface area contributed by atoms with Crippen molar-refractivity contribution in [2.45, 2.75) is 51.2 Å². The Bertz CT molecular complexity index is 451. The quantitative estimate of drug-likeness (QED) is 0.922. The lowest BCUT2D eigenvalue weighted by atomic mass is 10.0. The molecule has 1 N–H and O–H groups in total. The van der Waals surface area contributed by atoms with Gasteiger partial charge in [0.25, 0.3) is 0 Å². The molecule has 2 saturated heterocycles. The third-order valence-electron chi connectivity index (χ3n) is 4.61. The number of nitrogens with zero attached hydrogens (tertiary/aromatic N) is 3. The predicted octanol–water partition coefficient (Wildman–Crippen LogP) is 2.10. The number of likely N-dealkylation sites (tertiary alicyclic amines) is 1. The molecule has 5 heteroatoms. The van der Waals surface area contributed by atoms with Crippen molar-refractivity contribution in [2.75, 3.05) is 13.1 Å². The van der Waals surface area contributed by atoms with Gasteiger partial charge in [0.05, 0.1) is 5.69 Å². The summed E-state index contributed by atoms with van der Waals surface area (Å²) >= 11 is 6.36. The van der Waals surface area contributed by atoms with E-state index in [1.54, 1.807) is 4.68 Å². The van der Waals surface area contributed by atoms with Gasteiger partial charge in [-0.1, -0.05) is 11.6 Å². The van der Waals surface area contributed by atoms with E-state index in [1.807, 2.05) is 7.05 Å². The van der Waals surface area contributed by atoms with Crippen LogP contribution in [0.15, 0.2) is 0 Å². The number of rotatable bonds is 3. The number of hydrogen-bond donors (Lipinski definition) is 1. The van der Waals surface area contributed by atoms with Gasteiger partial charge in [0.1, 0.15) is 5.15 Å². The SMILES string of the molecule is Cc1nn(C)c(Cl)c1CN1CCCC1C1CCCN1. The first kappa shape index (κ1) is 13.4. The van der Waals surface area contributed by atoms with E-state index in [-0.39, 0.29) is 0 Å². The number of aromatic nitrogens is 2. The van der Waals surface area contributed by atoms with Gasteiger partial charge in [0.2, 0.25) is 0 Å². The highest BCUT2D eigenvalue weighted by molar-refractivity contribution is 6.30. The molecule has 1 aromatic heterocycles. The van der Waals surface area contributed by atoms with Crippen molar-refractivity contribution >= 4 is 11.6 Å². The predicted molar refractivity (Wildman–Crippen MR) is 77.4 cm³/mol. The topological polar surface area (TPSA) is 33.1 Å². The Kier molecular flexibility index (Phi) is 3.83. The first-order chi connectivity index (χ1) is 9.16. The van der Waals surface area contributed by atoms with Crippen molar-refractivity contribution in [1.82, 2.24) is 20.0 Å². The fourth-order valence-corrected chi connectivity index (χ4v) is 3.83. The molecule has 0 saturated carbocycles. The van der Waals surface area contributed by atoms with Gasteiger partial charge >= 0.3 is 0 Å². The summed E-state index contributed by atoms with van der Waals surface area (Å²) in [6.45, 7) is 5.37. The van der Waals surface area contributed by atoms with E-state index in [9.17, 15) is 0 Å². The molecule has 0 radical (unpaired) electrons. The molecule has 4 nitrogen and oxygen atoms in total. The fourth-order valence-electron chi connectivity index (χ4n) is 3.60. The van der Waals surface area contributed by atoms with E-state index < -0.39 is 0 Å².